The minimum atomic E-state index is -4.16. The molecular formula is C66H48N7O3P3. The second-order valence-electron chi connectivity index (χ2n) is 19.7. The smallest absolute Gasteiger partial charge is 0.270 e. The van der Waals surface area contributed by atoms with Gasteiger partial charge in [-0.05, 0) is 146 Å². The lowest BCUT2D eigenvalue weighted by Gasteiger charge is -2.35. The van der Waals surface area contributed by atoms with Crippen LogP contribution in [0.25, 0.3) is 21.8 Å². The lowest BCUT2D eigenvalue weighted by atomic mass is 10.1. The van der Waals surface area contributed by atoms with Gasteiger partial charge in [-0.2, -0.15) is 0 Å². The summed E-state index contributed by atoms with van der Waals surface area (Å²) in [5.41, 5.74) is 10.6. The summed E-state index contributed by atoms with van der Waals surface area (Å²) in [6, 6.07) is 95.6. The van der Waals surface area contributed by atoms with Gasteiger partial charge in [-0.3, -0.25) is 41.5 Å². The van der Waals surface area contributed by atoms with Gasteiger partial charge in [0, 0.05) is 33.5 Å². The Kier molecular flexibility index (Phi) is 10.8. The van der Waals surface area contributed by atoms with Crippen LogP contribution in [-0.4, -0.2) is 4.34 Å². The minimum absolute atomic E-state index is 0.554. The predicted octanol–water partition coefficient (Wildman–Crippen LogP) is 18.4. The van der Waals surface area contributed by atoms with Crippen molar-refractivity contribution < 1.29 is 13.7 Å². The van der Waals surface area contributed by atoms with E-state index in [4.69, 9.17) is 0 Å². The maximum Gasteiger partial charge on any atom is 0.374 e. The van der Waals surface area contributed by atoms with E-state index in [-0.39, 0.29) is 0 Å². The number of nitrogens with zero attached hydrogens (tertiary/aromatic N) is 7. The number of fused-ring (bicyclic) bond motifs is 6. The van der Waals surface area contributed by atoms with Crippen LogP contribution in [0.3, 0.4) is 0 Å². The average Bonchev–Trinajstić information content (AvgIpc) is 3.67. The molecule has 0 saturated carbocycles. The molecule has 4 heterocycles. The van der Waals surface area contributed by atoms with Crippen molar-refractivity contribution in [3.63, 3.8) is 0 Å². The third-order valence-electron chi connectivity index (χ3n) is 15.3. The van der Waals surface area contributed by atoms with Crippen molar-refractivity contribution in [2.45, 2.75) is 0 Å². The van der Waals surface area contributed by atoms with Crippen LogP contribution in [0.4, 0.5) is 68.2 Å². The van der Waals surface area contributed by atoms with E-state index >= 15 is 13.7 Å². The zero-order chi connectivity index (χ0) is 52.9. The highest BCUT2D eigenvalue weighted by molar-refractivity contribution is 7.76. The van der Waals surface area contributed by atoms with Crippen LogP contribution in [0.2, 0.25) is 0 Å². The van der Waals surface area contributed by atoms with Crippen LogP contribution in [0.1, 0.15) is 0 Å². The van der Waals surface area contributed by atoms with Gasteiger partial charge in [-0.1, -0.05) is 146 Å². The van der Waals surface area contributed by atoms with E-state index in [1.165, 1.54) is 0 Å². The Balaban J connectivity index is 1.06. The molecule has 13 heteroatoms. The summed E-state index contributed by atoms with van der Waals surface area (Å²) >= 11 is 0. The van der Waals surface area contributed by atoms with Crippen LogP contribution in [0, 0.1) is 0 Å². The van der Waals surface area contributed by atoms with Gasteiger partial charge >= 0.3 is 22.5 Å². The van der Waals surface area contributed by atoms with Gasteiger partial charge in [0.1, 0.15) is 0 Å². The molecule has 15 rings (SSSR count). The molecule has 0 N–H and O–H groups in total. The molecule has 11 aromatic carbocycles. The Morgan fingerprint density at radius 2 is 0.443 bits per heavy atom. The van der Waals surface area contributed by atoms with Gasteiger partial charge in [0.05, 0.1) is 67.1 Å². The molecule has 1 aromatic heterocycles. The highest BCUT2D eigenvalue weighted by atomic mass is 31.2. The number of rotatable bonds is 9. The fraction of sp³-hybridized carbons (Fsp3) is 0. The normalized spacial score (nSPS) is 15.6. The molecule has 3 aliphatic heterocycles. The number of para-hydroxylation sites is 12. The van der Waals surface area contributed by atoms with E-state index in [1.807, 2.05) is 324 Å². The van der Waals surface area contributed by atoms with E-state index in [9.17, 15) is 0 Å². The summed E-state index contributed by atoms with van der Waals surface area (Å²) in [4.78, 5) is 0. The molecule has 12 aromatic rings. The SMILES string of the molecule is O=P1(c2ccc3c(c2)c2cc(P4(=O)N(c5ccccc5)c5ccccc5N4c4ccccc4)ccc2n3P2(=O)N(c3ccccc3)c3ccccc3N2c2ccccc2)N(c2ccccc2)c2ccccc2N1c1ccccc1. The Morgan fingerprint density at radius 3 is 0.696 bits per heavy atom. The van der Waals surface area contributed by atoms with Gasteiger partial charge in [-0.25, -0.2) is 4.57 Å². The summed E-state index contributed by atoms with van der Waals surface area (Å²) in [5.74, 6) is 0. The van der Waals surface area contributed by atoms with Gasteiger partial charge < -0.3 is 0 Å². The highest BCUT2D eigenvalue weighted by Crippen LogP contribution is 2.75. The standard InChI is InChI=1S/C66H48N7O3P3/c74-77(67(49-25-7-1-8-26-49)61-37-19-20-38-62(61)68(77)50-27-9-2-10-28-50)55-43-45-59-57(47-55)58-48-56(78(75)69(51-29-11-3-12-30-51)63-39-21-22-40-64(63)70(78)52-31-13-4-14-32-52)44-46-60(58)73(59)79(76)71(53-33-15-5-16-34-53)65-41-23-24-42-66(65)72(79)54-35-17-6-18-36-54/h1-48H. The summed E-state index contributed by atoms with van der Waals surface area (Å²) < 4.78 is 66.8. The van der Waals surface area contributed by atoms with Gasteiger partial charge in [-0.15, -0.1) is 0 Å². The third kappa shape index (κ3) is 6.82. The zero-order valence-corrected chi connectivity index (χ0v) is 45.1. The number of benzene rings is 11. The molecule has 0 saturated heterocycles. The lowest BCUT2D eigenvalue weighted by Crippen LogP contribution is -2.26. The van der Waals surface area contributed by atoms with Crippen LogP contribution < -0.4 is 38.6 Å². The summed E-state index contributed by atoms with van der Waals surface area (Å²) in [6.45, 7) is 0. The quantitative estimate of drug-likeness (QED) is 0.131. The Morgan fingerprint density at radius 1 is 0.228 bits per heavy atom. The van der Waals surface area contributed by atoms with Crippen molar-refractivity contribution in [2.75, 3.05) is 28.0 Å². The number of hydrogen-bond acceptors (Lipinski definition) is 3. The van der Waals surface area contributed by atoms with E-state index in [2.05, 4.69) is 0 Å². The van der Waals surface area contributed by atoms with E-state index < -0.39 is 22.5 Å². The van der Waals surface area contributed by atoms with Gasteiger partial charge in [0.25, 0.3) is 0 Å². The first kappa shape index (κ1) is 47.0. The molecule has 3 aliphatic rings. The second-order valence-corrected chi connectivity index (χ2v) is 26.7. The van der Waals surface area contributed by atoms with Crippen molar-refractivity contribution in [1.29, 1.82) is 0 Å². The number of aromatic nitrogens is 1. The molecule has 0 aliphatic carbocycles. The first-order chi connectivity index (χ1) is 38.9. The van der Waals surface area contributed by atoms with Crippen molar-refractivity contribution >= 4 is 123 Å². The average molecular weight is 1080 g/mol. The molecule has 0 atom stereocenters. The topological polar surface area (TPSA) is 75.6 Å². The predicted molar refractivity (Wildman–Crippen MR) is 328 cm³/mol. The van der Waals surface area contributed by atoms with Crippen LogP contribution in [0.15, 0.2) is 291 Å². The Bertz CT molecular complexity index is 4060. The number of hydrogen-bond donors (Lipinski definition) is 0. The van der Waals surface area contributed by atoms with Crippen molar-refractivity contribution in [3.8, 4) is 0 Å². The van der Waals surface area contributed by atoms with Crippen LogP contribution in [-0.2, 0) is 13.7 Å². The molecule has 0 radical (unpaired) electrons. The molecule has 0 spiro atoms. The monoisotopic (exact) mass is 1080 g/mol. The fourth-order valence-electron chi connectivity index (χ4n) is 12.0. The Labute approximate surface area is 458 Å². The molecule has 10 nitrogen and oxygen atoms in total. The van der Waals surface area contributed by atoms with Gasteiger partial charge in [0.2, 0.25) is 0 Å². The summed E-state index contributed by atoms with van der Waals surface area (Å²) in [7, 11) is -12.0. The summed E-state index contributed by atoms with van der Waals surface area (Å²) in [5, 5.41) is 2.49. The molecule has 79 heavy (non-hydrogen) atoms. The van der Waals surface area contributed by atoms with E-state index in [1.54, 1.807) is 0 Å². The van der Waals surface area contributed by atoms with Crippen LogP contribution >= 0.6 is 22.5 Å². The lowest BCUT2D eigenvalue weighted by molar-refractivity contribution is 0.572. The van der Waals surface area contributed by atoms with Crippen LogP contribution in [0.5, 0.6) is 0 Å². The number of anilines is 12. The van der Waals surface area contributed by atoms with Crippen molar-refractivity contribution in [3.05, 3.63) is 291 Å². The van der Waals surface area contributed by atoms with E-state index in [0.29, 0.717) is 32.4 Å². The first-order valence-corrected chi connectivity index (χ1v) is 31.0. The summed E-state index contributed by atoms with van der Waals surface area (Å²) in [6.07, 6.45) is 0. The first-order valence-electron chi connectivity index (χ1n) is 26.2. The van der Waals surface area contributed by atoms with Crippen molar-refractivity contribution in [2.24, 2.45) is 0 Å². The van der Waals surface area contributed by atoms with Crippen molar-refractivity contribution in [1.82, 2.24) is 4.34 Å². The molecule has 380 valence electrons. The molecule has 0 fully saturated rings. The molecule has 0 unspecified atom stereocenters. The zero-order valence-electron chi connectivity index (χ0n) is 42.4. The highest BCUT2D eigenvalue weighted by Gasteiger charge is 2.54. The fourth-order valence-corrected chi connectivity index (χ4v) is 21.3. The molecular weight excluding hydrogens is 1030 g/mol. The molecule has 0 bridgehead atoms. The second kappa shape index (κ2) is 18.2. The molecule has 0 amide bonds. The van der Waals surface area contributed by atoms with Gasteiger partial charge in [0.15, 0.2) is 0 Å². The third-order valence-corrected chi connectivity index (χ3v) is 24.0. The maximum atomic E-state index is 18.0. The largest absolute Gasteiger partial charge is 0.374 e. The minimum Gasteiger partial charge on any atom is -0.270 e. The Hall–Kier alpha value is -9.29. The maximum absolute atomic E-state index is 18.0. The van der Waals surface area contributed by atoms with E-state index in [0.717, 1.165) is 68.2 Å².